The van der Waals surface area contributed by atoms with Gasteiger partial charge >= 0.3 is 11.9 Å². The first kappa shape index (κ1) is 26.8. The van der Waals surface area contributed by atoms with Gasteiger partial charge in [-0.2, -0.15) is 0 Å². The summed E-state index contributed by atoms with van der Waals surface area (Å²) in [5, 5.41) is 5.59. The zero-order chi connectivity index (χ0) is 24.6. The lowest BCUT2D eigenvalue weighted by atomic mass is 10.0. The second kappa shape index (κ2) is 12.0. The normalized spacial score (nSPS) is 18.6. The Morgan fingerprint density at radius 2 is 1.62 bits per heavy atom. The van der Waals surface area contributed by atoms with E-state index in [4.69, 9.17) is 9.47 Å². The van der Waals surface area contributed by atoms with Crippen molar-refractivity contribution in [2.24, 2.45) is 5.92 Å². The molecule has 0 aromatic rings. The molecule has 180 valence electrons. The van der Waals surface area contributed by atoms with E-state index in [1.54, 1.807) is 20.8 Å². The fraction of sp³-hybridized carbons (Fsp3) is 0.684. The predicted octanol–water partition coefficient (Wildman–Crippen LogP) is -1.98. The Morgan fingerprint density at radius 1 is 1.00 bits per heavy atom. The van der Waals surface area contributed by atoms with Gasteiger partial charge in [0.15, 0.2) is 12.2 Å². The van der Waals surface area contributed by atoms with Gasteiger partial charge in [-0.15, -0.1) is 0 Å². The average Bonchev–Trinajstić information content (AvgIpc) is 3.51. The zero-order valence-electron chi connectivity index (χ0n) is 18.9. The minimum atomic E-state index is -1.23. The quantitative estimate of drug-likeness (QED) is 0.190. The van der Waals surface area contributed by atoms with Crippen LogP contribution in [-0.4, -0.2) is 85.1 Å². The molecule has 1 aliphatic heterocycles. The summed E-state index contributed by atoms with van der Waals surface area (Å²) >= 11 is 0. The maximum absolute atomic E-state index is 12.6. The molecular formula is C19H30N4O9. The lowest BCUT2D eigenvalue weighted by molar-refractivity contribution is -0.152. The summed E-state index contributed by atoms with van der Waals surface area (Å²) in [4.78, 5) is 72.3. The van der Waals surface area contributed by atoms with E-state index in [1.165, 1.54) is 13.8 Å². The van der Waals surface area contributed by atoms with Gasteiger partial charge in [0.1, 0.15) is 18.6 Å². The number of hydrazine groups is 1. The van der Waals surface area contributed by atoms with Crippen molar-refractivity contribution in [3.8, 4) is 0 Å². The van der Waals surface area contributed by atoms with Crippen molar-refractivity contribution >= 4 is 35.6 Å². The maximum Gasteiger partial charge on any atom is 0.338 e. The van der Waals surface area contributed by atoms with Gasteiger partial charge in [0, 0.05) is 6.92 Å². The van der Waals surface area contributed by atoms with Gasteiger partial charge in [-0.05, 0) is 19.8 Å². The van der Waals surface area contributed by atoms with Gasteiger partial charge in [-0.25, -0.2) is 9.80 Å². The van der Waals surface area contributed by atoms with Crippen LogP contribution in [0.25, 0.3) is 0 Å². The molecule has 4 amide bonds. The molecule has 1 rings (SSSR count). The molecule has 4 atom stereocenters. The Labute approximate surface area is 185 Å². The first-order valence-corrected chi connectivity index (χ1v) is 10.0. The number of carbonyl (C=O) groups excluding carboxylic acids is 6. The third kappa shape index (κ3) is 7.80. The van der Waals surface area contributed by atoms with E-state index in [1.807, 2.05) is 0 Å². The van der Waals surface area contributed by atoms with Crippen LogP contribution in [0.15, 0.2) is 0 Å². The lowest BCUT2D eigenvalue weighted by Crippen LogP contribution is -2.58. The van der Waals surface area contributed by atoms with Gasteiger partial charge in [0.25, 0.3) is 11.8 Å². The van der Waals surface area contributed by atoms with Crippen LogP contribution >= 0.6 is 0 Å². The zero-order valence-corrected chi connectivity index (χ0v) is 18.9. The maximum atomic E-state index is 12.6. The number of nitrogens with one attached hydrogen (secondary N) is 3. The highest BCUT2D eigenvalue weighted by Crippen LogP contribution is 2.25. The van der Waals surface area contributed by atoms with Crippen LogP contribution in [0.3, 0.4) is 0 Å². The summed E-state index contributed by atoms with van der Waals surface area (Å²) in [6.45, 7) is 7.08. The van der Waals surface area contributed by atoms with E-state index < -0.39 is 66.4 Å². The molecule has 0 aliphatic carbocycles. The van der Waals surface area contributed by atoms with Gasteiger partial charge in [-0.3, -0.25) is 29.4 Å². The molecule has 0 bridgehead atoms. The van der Waals surface area contributed by atoms with Crippen molar-refractivity contribution in [2.75, 3.05) is 20.3 Å². The number of hydrogen-bond acceptors (Lipinski definition) is 9. The van der Waals surface area contributed by atoms with Crippen molar-refractivity contribution in [3.05, 3.63) is 0 Å². The number of nitrogens with zero attached hydrogens (tertiary/aromatic N) is 1. The summed E-state index contributed by atoms with van der Waals surface area (Å²) in [6, 6.07) is -2.01. The van der Waals surface area contributed by atoms with Crippen LogP contribution in [-0.2, 0) is 43.0 Å². The summed E-state index contributed by atoms with van der Waals surface area (Å²) < 4.78 is 14.3. The molecule has 4 unspecified atom stereocenters. The minimum absolute atomic E-state index is 0.0925. The van der Waals surface area contributed by atoms with Crippen LogP contribution in [0.5, 0.6) is 0 Å². The standard InChI is InChI=1S/C19H30N4O9/c1-7-31-19(29)15-14(32-15)18(28)23(8-12(25)30-6)22-16(26)10(4)20-17(27)13(9(2)3)21-11(5)24/h9-10,13-15H,7-8H2,1-6H3,(H,20,27)(H,21,24)(H,22,26). The summed E-state index contributed by atoms with van der Waals surface area (Å²) in [5.74, 6) is -4.53. The molecular weight excluding hydrogens is 428 g/mol. The van der Waals surface area contributed by atoms with E-state index in [-0.39, 0.29) is 12.5 Å². The topological polar surface area (TPSA) is 173 Å². The number of ether oxygens (including phenoxy) is 3. The molecule has 0 saturated carbocycles. The number of epoxide rings is 1. The molecule has 0 aromatic carbocycles. The van der Waals surface area contributed by atoms with Crippen LogP contribution in [0.1, 0.15) is 34.6 Å². The third-order valence-corrected chi connectivity index (χ3v) is 4.34. The second-order valence-electron chi connectivity index (χ2n) is 7.36. The largest absolute Gasteiger partial charge is 0.468 e. The van der Waals surface area contributed by atoms with Crippen LogP contribution < -0.4 is 16.1 Å². The fourth-order valence-corrected chi connectivity index (χ4v) is 2.58. The summed E-state index contributed by atoms with van der Waals surface area (Å²) in [6.07, 6.45) is -2.37. The molecule has 1 saturated heterocycles. The fourth-order valence-electron chi connectivity index (χ4n) is 2.58. The number of amides is 4. The minimum Gasteiger partial charge on any atom is -0.468 e. The molecule has 0 radical (unpaired) electrons. The Bertz CT molecular complexity index is 755. The second-order valence-corrected chi connectivity index (χ2v) is 7.36. The number of rotatable bonds is 10. The van der Waals surface area contributed by atoms with Crippen LogP contribution in [0.4, 0.5) is 0 Å². The van der Waals surface area contributed by atoms with Crippen molar-refractivity contribution in [1.29, 1.82) is 0 Å². The Morgan fingerprint density at radius 3 is 2.12 bits per heavy atom. The Kier molecular flexibility index (Phi) is 10.0. The van der Waals surface area contributed by atoms with E-state index in [0.29, 0.717) is 5.01 Å². The highest BCUT2D eigenvalue weighted by Gasteiger charge is 2.53. The van der Waals surface area contributed by atoms with E-state index in [9.17, 15) is 28.8 Å². The average molecular weight is 458 g/mol. The van der Waals surface area contributed by atoms with E-state index in [2.05, 4.69) is 20.8 Å². The third-order valence-electron chi connectivity index (χ3n) is 4.34. The first-order valence-electron chi connectivity index (χ1n) is 10.0. The van der Waals surface area contributed by atoms with Gasteiger partial charge in [-0.1, -0.05) is 13.8 Å². The number of carbonyl (C=O) groups is 6. The lowest BCUT2D eigenvalue weighted by Gasteiger charge is -2.26. The molecule has 1 heterocycles. The van der Waals surface area contributed by atoms with E-state index in [0.717, 1.165) is 7.11 Å². The molecule has 0 aromatic heterocycles. The first-order chi connectivity index (χ1) is 14.9. The Balaban J connectivity index is 2.82. The Hall–Kier alpha value is -3.22. The van der Waals surface area contributed by atoms with Gasteiger partial charge < -0.3 is 24.8 Å². The van der Waals surface area contributed by atoms with Crippen molar-refractivity contribution < 1.29 is 43.0 Å². The van der Waals surface area contributed by atoms with Crippen LogP contribution in [0.2, 0.25) is 0 Å². The van der Waals surface area contributed by atoms with Gasteiger partial charge in [0.05, 0.1) is 13.7 Å². The number of esters is 2. The van der Waals surface area contributed by atoms with Crippen LogP contribution in [0, 0.1) is 5.92 Å². The molecule has 1 aliphatic rings. The molecule has 13 heteroatoms. The molecule has 0 spiro atoms. The molecule has 3 N–H and O–H groups in total. The van der Waals surface area contributed by atoms with Crippen molar-refractivity contribution in [1.82, 2.24) is 21.1 Å². The molecule has 1 fully saturated rings. The molecule has 13 nitrogen and oxygen atoms in total. The predicted molar refractivity (Wildman–Crippen MR) is 107 cm³/mol. The summed E-state index contributed by atoms with van der Waals surface area (Å²) in [7, 11) is 1.10. The van der Waals surface area contributed by atoms with Crippen molar-refractivity contribution in [3.63, 3.8) is 0 Å². The van der Waals surface area contributed by atoms with Gasteiger partial charge in [0.2, 0.25) is 11.8 Å². The SMILES string of the molecule is CCOC(=O)C1OC1C(=O)N(CC(=O)OC)NC(=O)C(C)NC(=O)C(NC(C)=O)C(C)C. The highest BCUT2D eigenvalue weighted by atomic mass is 16.6. The van der Waals surface area contributed by atoms with E-state index >= 15 is 0 Å². The summed E-state index contributed by atoms with van der Waals surface area (Å²) in [5.41, 5.74) is 2.22. The highest BCUT2D eigenvalue weighted by molar-refractivity contribution is 5.96. The van der Waals surface area contributed by atoms with Crippen molar-refractivity contribution in [2.45, 2.75) is 58.9 Å². The monoisotopic (exact) mass is 458 g/mol. The number of hydrogen-bond donors (Lipinski definition) is 3. The molecule has 32 heavy (non-hydrogen) atoms. The smallest absolute Gasteiger partial charge is 0.338 e. The number of methoxy groups -OCH3 is 1.